The van der Waals surface area contributed by atoms with E-state index in [2.05, 4.69) is 0 Å². The largest absolute Gasteiger partial charge is 0.496 e. The maximum Gasteiger partial charge on any atom is 0.297 e. The van der Waals surface area contributed by atoms with Gasteiger partial charge in [-0.3, -0.25) is 4.18 Å². The van der Waals surface area contributed by atoms with Crippen LogP contribution in [0.25, 0.3) is 0 Å². The second kappa shape index (κ2) is 9.52. The fraction of sp³-hybridized carbons (Fsp3) is 0.429. The normalized spacial score (nSPS) is 18.6. The molecule has 1 aliphatic rings. The highest BCUT2D eigenvalue weighted by Gasteiger charge is 2.26. The van der Waals surface area contributed by atoms with Gasteiger partial charge < -0.3 is 14.2 Å². The second-order valence-electron chi connectivity index (χ2n) is 6.71. The first-order valence-corrected chi connectivity index (χ1v) is 10.8. The summed E-state index contributed by atoms with van der Waals surface area (Å²) in [6.07, 6.45) is 1.73. The lowest BCUT2D eigenvalue weighted by Crippen LogP contribution is -2.27. The summed E-state index contributed by atoms with van der Waals surface area (Å²) in [5.74, 6) is 0.611. The van der Waals surface area contributed by atoms with E-state index in [1.54, 1.807) is 19.2 Å². The molecular weight excluding hydrogens is 380 g/mol. The number of methoxy groups -OCH3 is 1. The summed E-state index contributed by atoms with van der Waals surface area (Å²) in [6, 6.07) is 13.9. The Labute approximate surface area is 166 Å². The molecule has 152 valence electrons. The van der Waals surface area contributed by atoms with Crippen LogP contribution in [0.1, 0.15) is 36.5 Å². The van der Waals surface area contributed by atoms with Crippen molar-refractivity contribution >= 4 is 10.1 Å². The summed E-state index contributed by atoms with van der Waals surface area (Å²) >= 11 is 0. The van der Waals surface area contributed by atoms with Gasteiger partial charge in [0.25, 0.3) is 10.1 Å². The molecule has 1 saturated heterocycles. The van der Waals surface area contributed by atoms with Gasteiger partial charge in [0, 0.05) is 12.2 Å². The van der Waals surface area contributed by atoms with Gasteiger partial charge in [-0.05, 0) is 44.4 Å². The summed E-state index contributed by atoms with van der Waals surface area (Å²) in [5, 5.41) is 0. The molecule has 7 heteroatoms. The van der Waals surface area contributed by atoms with Gasteiger partial charge in [-0.1, -0.05) is 35.9 Å². The maximum atomic E-state index is 12.6. The predicted molar refractivity (Wildman–Crippen MR) is 105 cm³/mol. The minimum Gasteiger partial charge on any atom is -0.496 e. The molecule has 3 rings (SSSR count). The monoisotopic (exact) mass is 406 g/mol. The Kier molecular flexibility index (Phi) is 7.07. The third-order valence-corrected chi connectivity index (χ3v) is 5.92. The van der Waals surface area contributed by atoms with Crippen molar-refractivity contribution in [3.05, 3.63) is 59.7 Å². The topological polar surface area (TPSA) is 71.1 Å². The number of para-hydroxylation sites is 1. The number of aryl methyl sites for hydroxylation is 1. The molecule has 0 aromatic heterocycles. The Hall–Kier alpha value is -1.93. The SMILES string of the molecule is COc1ccccc1C(COS(=O)(=O)c1ccc(C)cc1)OC1CCCCO1. The van der Waals surface area contributed by atoms with Crippen molar-refractivity contribution in [3.8, 4) is 5.75 Å². The van der Waals surface area contributed by atoms with E-state index in [9.17, 15) is 8.42 Å². The molecule has 0 aliphatic carbocycles. The quantitative estimate of drug-likeness (QED) is 0.617. The molecule has 1 aliphatic heterocycles. The molecule has 0 spiro atoms. The van der Waals surface area contributed by atoms with Crippen LogP contribution in [-0.2, 0) is 23.8 Å². The summed E-state index contributed by atoms with van der Waals surface area (Å²) in [6.45, 7) is 2.36. The Balaban J connectivity index is 1.79. The van der Waals surface area contributed by atoms with Crippen LogP contribution in [-0.4, -0.2) is 35.0 Å². The van der Waals surface area contributed by atoms with Gasteiger partial charge >= 0.3 is 0 Å². The lowest BCUT2D eigenvalue weighted by atomic mass is 10.1. The van der Waals surface area contributed by atoms with Crippen LogP contribution in [0.15, 0.2) is 53.4 Å². The number of ether oxygens (including phenoxy) is 3. The minimum absolute atomic E-state index is 0.116. The zero-order valence-electron chi connectivity index (χ0n) is 16.2. The first-order valence-electron chi connectivity index (χ1n) is 9.35. The van der Waals surface area contributed by atoms with Gasteiger partial charge in [0.1, 0.15) is 11.9 Å². The molecular formula is C21H26O6S. The van der Waals surface area contributed by atoms with Gasteiger partial charge in [0.05, 0.1) is 18.6 Å². The van der Waals surface area contributed by atoms with Crippen molar-refractivity contribution in [1.29, 1.82) is 0 Å². The number of hydrogen-bond donors (Lipinski definition) is 0. The standard InChI is InChI=1S/C21H26O6S/c1-16-10-12-17(13-11-16)28(22,23)26-15-20(27-21-9-5-6-14-25-21)18-7-3-4-8-19(18)24-2/h3-4,7-8,10-13,20-21H,5-6,9,14-15H2,1-2H3. The fourth-order valence-corrected chi connectivity index (χ4v) is 3.97. The summed E-state index contributed by atoms with van der Waals surface area (Å²) < 4.78 is 47.7. The molecule has 6 nitrogen and oxygen atoms in total. The summed E-state index contributed by atoms with van der Waals surface area (Å²) in [5.41, 5.74) is 1.70. The molecule has 2 atom stereocenters. The Bertz CT molecular complexity index is 857. The summed E-state index contributed by atoms with van der Waals surface area (Å²) in [7, 11) is -2.34. The number of benzene rings is 2. The van der Waals surface area contributed by atoms with E-state index in [0.29, 0.717) is 12.4 Å². The van der Waals surface area contributed by atoms with E-state index in [0.717, 1.165) is 30.4 Å². The summed E-state index contributed by atoms with van der Waals surface area (Å²) in [4.78, 5) is 0.116. The van der Waals surface area contributed by atoms with Gasteiger partial charge in [0.15, 0.2) is 6.29 Å². The minimum atomic E-state index is -3.90. The molecule has 2 aromatic rings. The lowest BCUT2D eigenvalue weighted by molar-refractivity contribution is -0.195. The molecule has 2 unspecified atom stereocenters. The van der Waals surface area contributed by atoms with Crippen molar-refractivity contribution < 1.29 is 26.8 Å². The van der Waals surface area contributed by atoms with Gasteiger partial charge in [-0.15, -0.1) is 0 Å². The zero-order chi connectivity index (χ0) is 20.0. The van der Waals surface area contributed by atoms with E-state index >= 15 is 0 Å². The van der Waals surface area contributed by atoms with Gasteiger partial charge in [0.2, 0.25) is 0 Å². The highest BCUT2D eigenvalue weighted by molar-refractivity contribution is 7.86. The van der Waals surface area contributed by atoms with Crippen molar-refractivity contribution in [2.45, 2.75) is 43.5 Å². The number of rotatable bonds is 8. The average Bonchev–Trinajstić information content (AvgIpc) is 2.72. The van der Waals surface area contributed by atoms with Crippen LogP contribution >= 0.6 is 0 Å². The fourth-order valence-electron chi connectivity index (χ4n) is 3.06. The molecule has 0 N–H and O–H groups in total. The first-order chi connectivity index (χ1) is 13.5. The van der Waals surface area contributed by atoms with Crippen molar-refractivity contribution in [3.63, 3.8) is 0 Å². The molecule has 2 aromatic carbocycles. The highest BCUT2D eigenvalue weighted by Crippen LogP contribution is 2.31. The molecule has 28 heavy (non-hydrogen) atoms. The predicted octanol–water partition coefficient (Wildman–Crippen LogP) is 3.99. The van der Waals surface area contributed by atoms with Crippen LogP contribution < -0.4 is 4.74 Å². The van der Waals surface area contributed by atoms with E-state index in [1.165, 1.54) is 12.1 Å². The van der Waals surface area contributed by atoms with Crippen LogP contribution in [0.5, 0.6) is 5.75 Å². The highest BCUT2D eigenvalue weighted by atomic mass is 32.2. The van der Waals surface area contributed by atoms with E-state index in [1.807, 2.05) is 31.2 Å². The third kappa shape index (κ3) is 5.32. The Morgan fingerprint density at radius 3 is 2.54 bits per heavy atom. The van der Waals surface area contributed by atoms with Crippen LogP contribution in [0, 0.1) is 6.92 Å². The first kappa shape index (κ1) is 20.8. The van der Waals surface area contributed by atoms with Crippen LogP contribution in [0.3, 0.4) is 0 Å². The zero-order valence-corrected chi connectivity index (χ0v) is 17.0. The molecule has 1 fully saturated rings. The molecule has 0 amide bonds. The smallest absolute Gasteiger partial charge is 0.297 e. The van der Waals surface area contributed by atoms with Crippen molar-refractivity contribution in [1.82, 2.24) is 0 Å². The van der Waals surface area contributed by atoms with Gasteiger partial charge in [-0.2, -0.15) is 8.42 Å². The lowest BCUT2D eigenvalue weighted by Gasteiger charge is -2.28. The van der Waals surface area contributed by atoms with Gasteiger partial charge in [-0.25, -0.2) is 0 Å². The third-order valence-electron chi connectivity index (χ3n) is 4.62. The van der Waals surface area contributed by atoms with E-state index in [-0.39, 0.29) is 11.5 Å². The molecule has 1 heterocycles. The van der Waals surface area contributed by atoms with E-state index in [4.69, 9.17) is 18.4 Å². The van der Waals surface area contributed by atoms with Crippen LogP contribution in [0.2, 0.25) is 0 Å². The van der Waals surface area contributed by atoms with Crippen LogP contribution in [0.4, 0.5) is 0 Å². The molecule has 0 saturated carbocycles. The Morgan fingerprint density at radius 2 is 1.86 bits per heavy atom. The maximum absolute atomic E-state index is 12.6. The van der Waals surface area contributed by atoms with E-state index < -0.39 is 22.5 Å². The van der Waals surface area contributed by atoms with Crippen molar-refractivity contribution in [2.75, 3.05) is 20.3 Å². The second-order valence-corrected chi connectivity index (χ2v) is 8.33. The molecule has 0 bridgehead atoms. The molecule has 0 radical (unpaired) electrons. The number of hydrogen-bond acceptors (Lipinski definition) is 6. The Morgan fingerprint density at radius 1 is 1.11 bits per heavy atom. The van der Waals surface area contributed by atoms with Crippen molar-refractivity contribution in [2.24, 2.45) is 0 Å². The average molecular weight is 407 g/mol.